The van der Waals surface area contributed by atoms with E-state index in [0.29, 0.717) is 12.5 Å². The molecule has 20 heavy (non-hydrogen) atoms. The second-order valence-corrected chi connectivity index (χ2v) is 5.69. The monoisotopic (exact) mass is 268 g/mol. The molecular weight excluding hydrogens is 248 g/mol. The highest BCUT2D eigenvalue weighted by Crippen LogP contribution is 2.33. The van der Waals surface area contributed by atoms with Crippen molar-refractivity contribution in [3.63, 3.8) is 0 Å². The van der Waals surface area contributed by atoms with Gasteiger partial charge < -0.3 is 10.5 Å². The molecule has 1 aromatic carbocycles. The quantitative estimate of drug-likeness (QED) is 0.930. The number of hydrogen-bond donors (Lipinski definition) is 1. The Morgan fingerprint density at radius 3 is 2.80 bits per heavy atom. The van der Waals surface area contributed by atoms with Crippen molar-refractivity contribution in [1.82, 2.24) is 4.98 Å². The predicted octanol–water partition coefficient (Wildman–Crippen LogP) is 3.17. The summed E-state index contributed by atoms with van der Waals surface area (Å²) in [7, 11) is 0. The fourth-order valence-electron chi connectivity index (χ4n) is 2.76. The van der Waals surface area contributed by atoms with E-state index in [2.05, 4.69) is 30.1 Å². The standard InChI is InChI=1S/C17H20N2O/c1-17(18)11-5-8-15-14(17)9-10-16(19-15)20-12-13-6-3-2-4-7-13/h2-4,6-7,9-10H,5,8,11-12,18H2,1H3/t17-/m1/s1. The largest absolute Gasteiger partial charge is 0.473 e. The van der Waals surface area contributed by atoms with Gasteiger partial charge in [0, 0.05) is 17.3 Å². The molecule has 1 aliphatic rings. The molecule has 3 rings (SSSR count). The van der Waals surface area contributed by atoms with E-state index in [4.69, 9.17) is 10.5 Å². The highest BCUT2D eigenvalue weighted by molar-refractivity contribution is 5.33. The Bertz CT molecular complexity index is 593. The van der Waals surface area contributed by atoms with Gasteiger partial charge in [0.15, 0.2) is 0 Å². The Kier molecular flexibility index (Phi) is 3.45. The summed E-state index contributed by atoms with van der Waals surface area (Å²) in [6, 6.07) is 14.1. The van der Waals surface area contributed by atoms with E-state index in [1.807, 2.05) is 24.3 Å². The molecule has 3 nitrogen and oxygen atoms in total. The van der Waals surface area contributed by atoms with Crippen LogP contribution in [0.2, 0.25) is 0 Å². The zero-order valence-corrected chi connectivity index (χ0v) is 11.8. The van der Waals surface area contributed by atoms with Gasteiger partial charge in [-0.3, -0.25) is 0 Å². The molecule has 0 fully saturated rings. The van der Waals surface area contributed by atoms with Gasteiger partial charge in [0.2, 0.25) is 5.88 Å². The number of nitrogens with zero attached hydrogens (tertiary/aromatic N) is 1. The number of nitrogens with two attached hydrogens (primary N) is 1. The lowest BCUT2D eigenvalue weighted by Crippen LogP contribution is -2.37. The number of hydrogen-bond acceptors (Lipinski definition) is 3. The predicted molar refractivity (Wildman–Crippen MR) is 79.5 cm³/mol. The molecule has 0 bridgehead atoms. The molecule has 0 saturated carbocycles. The minimum atomic E-state index is -0.251. The fourth-order valence-corrected chi connectivity index (χ4v) is 2.76. The van der Waals surface area contributed by atoms with Gasteiger partial charge in [0.05, 0.1) is 0 Å². The second kappa shape index (κ2) is 5.25. The Labute approximate surface area is 119 Å². The van der Waals surface area contributed by atoms with Crippen LogP contribution in [0.3, 0.4) is 0 Å². The molecule has 0 radical (unpaired) electrons. The highest BCUT2D eigenvalue weighted by atomic mass is 16.5. The van der Waals surface area contributed by atoms with Gasteiger partial charge in [-0.05, 0) is 37.3 Å². The molecule has 0 unspecified atom stereocenters. The van der Waals surface area contributed by atoms with Crippen LogP contribution in [0.4, 0.5) is 0 Å². The van der Waals surface area contributed by atoms with Crippen molar-refractivity contribution in [1.29, 1.82) is 0 Å². The molecule has 1 atom stereocenters. The lowest BCUT2D eigenvalue weighted by atomic mass is 9.81. The number of pyridine rings is 1. The molecule has 0 spiro atoms. The average Bonchev–Trinajstić information content (AvgIpc) is 2.46. The van der Waals surface area contributed by atoms with Crippen LogP contribution < -0.4 is 10.5 Å². The summed E-state index contributed by atoms with van der Waals surface area (Å²) >= 11 is 0. The van der Waals surface area contributed by atoms with Crippen LogP contribution >= 0.6 is 0 Å². The van der Waals surface area contributed by atoms with Gasteiger partial charge >= 0.3 is 0 Å². The van der Waals surface area contributed by atoms with E-state index in [-0.39, 0.29) is 5.54 Å². The van der Waals surface area contributed by atoms with Gasteiger partial charge in [-0.2, -0.15) is 0 Å². The molecule has 104 valence electrons. The van der Waals surface area contributed by atoms with Gasteiger partial charge in [0.25, 0.3) is 0 Å². The van der Waals surface area contributed by atoms with Crippen molar-refractivity contribution in [2.24, 2.45) is 5.73 Å². The number of ether oxygens (including phenoxy) is 1. The number of aromatic nitrogens is 1. The third kappa shape index (κ3) is 2.68. The molecule has 1 aromatic heterocycles. The Balaban J connectivity index is 1.76. The maximum Gasteiger partial charge on any atom is 0.213 e. The van der Waals surface area contributed by atoms with Crippen LogP contribution in [0.1, 0.15) is 36.6 Å². The summed E-state index contributed by atoms with van der Waals surface area (Å²) in [4.78, 5) is 4.62. The summed E-state index contributed by atoms with van der Waals surface area (Å²) in [5.74, 6) is 0.685. The van der Waals surface area contributed by atoms with E-state index in [1.54, 1.807) is 0 Å². The zero-order valence-electron chi connectivity index (χ0n) is 11.8. The van der Waals surface area contributed by atoms with Crippen LogP contribution in [-0.4, -0.2) is 4.98 Å². The van der Waals surface area contributed by atoms with Crippen molar-refractivity contribution >= 4 is 0 Å². The van der Waals surface area contributed by atoms with Crippen molar-refractivity contribution < 1.29 is 4.74 Å². The number of benzene rings is 1. The maximum atomic E-state index is 6.32. The van der Waals surface area contributed by atoms with E-state index < -0.39 is 0 Å². The highest BCUT2D eigenvalue weighted by Gasteiger charge is 2.28. The van der Waals surface area contributed by atoms with E-state index in [0.717, 1.165) is 36.1 Å². The number of rotatable bonds is 3. The Morgan fingerprint density at radius 1 is 1.20 bits per heavy atom. The lowest BCUT2D eigenvalue weighted by Gasteiger charge is -2.31. The molecular formula is C17H20N2O. The van der Waals surface area contributed by atoms with Crippen molar-refractivity contribution in [2.75, 3.05) is 0 Å². The summed E-state index contributed by atoms with van der Waals surface area (Å²) in [6.45, 7) is 2.63. The van der Waals surface area contributed by atoms with Crippen LogP contribution in [0.15, 0.2) is 42.5 Å². The van der Waals surface area contributed by atoms with Crippen molar-refractivity contribution in [3.8, 4) is 5.88 Å². The first-order chi connectivity index (χ1) is 9.65. The molecule has 3 heteroatoms. The van der Waals surface area contributed by atoms with Crippen LogP contribution in [0.5, 0.6) is 5.88 Å². The first kappa shape index (κ1) is 13.1. The van der Waals surface area contributed by atoms with Crippen LogP contribution in [-0.2, 0) is 18.6 Å². The van der Waals surface area contributed by atoms with E-state index in [9.17, 15) is 0 Å². The fraction of sp³-hybridized carbons (Fsp3) is 0.353. The van der Waals surface area contributed by atoms with E-state index >= 15 is 0 Å². The molecule has 0 aliphatic heterocycles. The molecule has 1 heterocycles. The molecule has 0 amide bonds. The van der Waals surface area contributed by atoms with Crippen molar-refractivity contribution in [3.05, 3.63) is 59.3 Å². The minimum Gasteiger partial charge on any atom is -0.473 e. The third-order valence-electron chi connectivity index (χ3n) is 3.90. The van der Waals surface area contributed by atoms with Gasteiger partial charge in [-0.15, -0.1) is 0 Å². The SMILES string of the molecule is C[C@@]1(N)CCCc2nc(OCc3ccccc3)ccc21. The first-order valence-electron chi connectivity index (χ1n) is 7.11. The summed E-state index contributed by atoms with van der Waals surface area (Å²) in [6.07, 6.45) is 3.10. The van der Waals surface area contributed by atoms with E-state index in [1.165, 1.54) is 0 Å². The molecule has 1 aliphatic carbocycles. The molecule has 0 saturated heterocycles. The van der Waals surface area contributed by atoms with Crippen LogP contribution in [0.25, 0.3) is 0 Å². The van der Waals surface area contributed by atoms with Gasteiger partial charge in [-0.25, -0.2) is 4.98 Å². The normalized spacial score (nSPS) is 21.3. The zero-order chi connectivity index (χ0) is 14.0. The molecule has 2 N–H and O–H groups in total. The Morgan fingerprint density at radius 2 is 2.00 bits per heavy atom. The van der Waals surface area contributed by atoms with Gasteiger partial charge in [-0.1, -0.05) is 36.4 Å². The lowest BCUT2D eigenvalue weighted by molar-refractivity contribution is 0.290. The molecule has 2 aromatic rings. The number of aryl methyl sites for hydroxylation is 1. The smallest absolute Gasteiger partial charge is 0.213 e. The summed E-state index contributed by atoms with van der Waals surface area (Å²) in [5.41, 5.74) is 9.47. The Hall–Kier alpha value is -1.87. The van der Waals surface area contributed by atoms with Gasteiger partial charge in [0.1, 0.15) is 6.61 Å². The van der Waals surface area contributed by atoms with Crippen molar-refractivity contribution in [2.45, 2.75) is 38.3 Å². The minimum absolute atomic E-state index is 0.251. The topological polar surface area (TPSA) is 48.1 Å². The van der Waals surface area contributed by atoms with Crippen LogP contribution in [0, 0.1) is 0 Å². The average molecular weight is 268 g/mol. The second-order valence-electron chi connectivity index (χ2n) is 5.69. The summed E-state index contributed by atoms with van der Waals surface area (Å²) < 4.78 is 5.77. The summed E-state index contributed by atoms with van der Waals surface area (Å²) in [5, 5.41) is 0. The third-order valence-corrected chi connectivity index (χ3v) is 3.90. The first-order valence-corrected chi connectivity index (χ1v) is 7.11. The number of fused-ring (bicyclic) bond motifs is 1. The maximum absolute atomic E-state index is 6.32.